The fourth-order valence-corrected chi connectivity index (χ4v) is 3.53. The van der Waals surface area contributed by atoms with Gasteiger partial charge in [-0.25, -0.2) is 4.79 Å². The number of carbonyl (C=O) groups is 2. The molecule has 2 aromatic carbocycles. The minimum absolute atomic E-state index is 0.251. The predicted molar refractivity (Wildman–Crippen MR) is 112 cm³/mol. The molecular formula is C24H26N2O4. The number of hydrogen-bond donors (Lipinski definition) is 1. The SMILES string of the molecule is CC(OC(=O)c1ccccc1OCc1ccccc1)C(=O)NC1(C#N)CCCCC1. The quantitative estimate of drug-likeness (QED) is 0.698. The first-order chi connectivity index (χ1) is 14.5. The van der Waals surface area contributed by atoms with E-state index in [1.54, 1.807) is 24.3 Å². The van der Waals surface area contributed by atoms with Gasteiger partial charge in [0.25, 0.3) is 5.91 Å². The van der Waals surface area contributed by atoms with Crippen molar-refractivity contribution in [1.82, 2.24) is 5.32 Å². The van der Waals surface area contributed by atoms with Crippen LogP contribution in [0.2, 0.25) is 0 Å². The number of benzene rings is 2. The van der Waals surface area contributed by atoms with Crippen LogP contribution in [0.4, 0.5) is 0 Å². The zero-order valence-electron chi connectivity index (χ0n) is 17.1. The van der Waals surface area contributed by atoms with E-state index in [0.717, 1.165) is 24.8 Å². The maximum absolute atomic E-state index is 12.7. The predicted octanol–water partition coefficient (Wildman–Crippen LogP) is 4.15. The Balaban J connectivity index is 1.62. The monoisotopic (exact) mass is 406 g/mol. The normalized spacial score (nSPS) is 16.0. The third-order valence-electron chi connectivity index (χ3n) is 5.28. The van der Waals surface area contributed by atoms with Crippen molar-refractivity contribution in [3.05, 3.63) is 65.7 Å². The van der Waals surface area contributed by atoms with E-state index in [0.29, 0.717) is 25.2 Å². The molecule has 30 heavy (non-hydrogen) atoms. The van der Waals surface area contributed by atoms with Crippen LogP contribution in [-0.4, -0.2) is 23.5 Å². The van der Waals surface area contributed by atoms with Gasteiger partial charge in [0, 0.05) is 0 Å². The topological polar surface area (TPSA) is 88.4 Å². The Morgan fingerprint density at radius 2 is 1.73 bits per heavy atom. The number of carbonyl (C=O) groups excluding carboxylic acids is 2. The maximum Gasteiger partial charge on any atom is 0.342 e. The van der Waals surface area contributed by atoms with Crippen molar-refractivity contribution in [1.29, 1.82) is 5.26 Å². The highest BCUT2D eigenvalue weighted by Crippen LogP contribution is 2.28. The molecule has 0 aromatic heterocycles. The van der Waals surface area contributed by atoms with Crippen LogP contribution in [0.25, 0.3) is 0 Å². The highest BCUT2D eigenvalue weighted by molar-refractivity contribution is 5.94. The molecule has 3 rings (SSSR count). The highest BCUT2D eigenvalue weighted by Gasteiger charge is 2.35. The highest BCUT2D eigenvalue weighted by atomic mass is 16.5. The summed E-state index contributed by atoms with van der Waals surface area (Å²) in [6.45, 7) is 1.82. The van der Waals surface area contributed by atoms with Crippen molar-refractivity contribution < 1.29 is 19.1 Å². The molecule has 6 heteroatoms. The Bertz CT molecular complexity index is 914. The number of rotatable bonds is 7. The standard InChI is InChI=1S/C24H26N2O4/c1-18(22(27)26-24(17-25)14-8-3-9-15-24)30-23(28)20-12-6-7-13-21(20)29-16-19-10-4-2-5-11-19/h2,4-7,10-13,18H,3,8-9,14-16H2,1H3,(H,26,27). The van der Waals surface area contributed by atoms with Gasteiger partial charge >= 0.3 is 5.97 Å². The van der Waals surface area contributed by atoms with E-state index in [1.807, 2.05) is 30.3 Å². The van der Waals surface area contributed by atoms with Gasteiger partial charge in [-0.15, -0.1) is 0 Å². The van der Waals surface area contributed by atoms with Crippen LogP contribution in [0, 0.1) is 11.3 Å². The Labute approximate surface area is 176 Å². The minimum Gasteiger partial charge on any atom is -0.488 e. The van der Waals surface area contributed by atoms with Crippen molar-refractivity contribution in [2.75, 3.05) is 0 Å². The molecule has 1 aliphatic rings. The molecule has 0 spiro atoms. The average molecular weight is 406 g/mol. The first-order valence-electron chi connectivity index (χ1n) is 10.2. The summed E-state index contributed by atoms with van der Waals surface area (Å²) in [5, 5.41) is 12.3. The second-order valence-electron chi connectivity index (χ2n) is 7.56. The molecule has 1 unspecified atom stereocenters. The molecule has 1 fully saturated rings. The molecule has 0 bridgehead atoms. The zero-order chi connectivity index (χ0) is 21.4. The van der Waals surface area contributed by atoms with E-state index in [-0.39, 0.29) is 5.56 Å². The van der Waals surface area contributed by atoms with Crippen LogP contribution in [0.5, 0.6) is 5.75 Å². The molecule has 1 atom stereocenters. The summed E-state index contributed by atoms with van der Waals surface area (Å²) in [6.07, 6.45) is 3.07. The van der Waals surface area contributed by atoms with Crippen LogP contribution >= 0.6 is 0 Å². The van der Waals surface area contributed by atoms with Gasteiger partial charge in [-0.05, 0) is 37.5 Å². The first-order valence-corrected chi connectivity index (χ1v) is 10.2. The van der Waals surface area contributed by atoms with Crippen LogP contribution in [0.1, 0.15) is 54.9 Å². The number of nitrogens with zero attached hydrogens (tertiary/aromatic N) is 1. The van der Waals surface area contributed by atoms with Gasteiger partial charge in [-0.3, -0.25) is 4.79 Å². The second-order valence-corrected chi connectivity index (χ2v) is 7.56. The largest absolute Gasteiger partial charge is 0.488 e. The summed E-state index contributed by atoms with van der Waals surface area (Å²) in [5.74, 6) is -0.717. The van der Waals surface area contributed by atoms with Gasteiger partial charge in [0.1, 0.15) is 23.5 Å². The van der Waals surface area contributed by atoms with E-state index in [9.17, 15) is 14.9 Å². The number of amides is 1. The van der Waals surface area contributed by atoms with Crippen LogP contribution in [0.15, 0.2) is 54.6 Å². The van der Waals surface area contributed by atoms with E-state index in [4.69, 9.17) is 9.47 Å². The number of nitrogens with one attached hydrogen (secondary N) is 1. The molecule has 6 nitrogen and oxygen atoms in total. The van der Waals surface area contributed by atoms with Gasteiger partial charge < -0.3 is 14.8 Å². The molecule has 0 radical (unpaired) electrons. The third-order valence-corrected chi connectivity index (χ3v) is 5.28. The number of esters is 1. The van der Waals surface area contributed by atoms with Crippen LogP contribution in [0.3, 0.4) is 0 Å². The molecule has 0 aliphatic heterocycles. The van der Waals surface area contributed by atoms with E-state index in [1.165, 1.54) is 6.92 Å². The number of hydrogen-bond acceptors (Lipinski definition) is 5. The molecule has 2 aromatic rings. The van der Waals surface area contributed by atoms with Crippen LogP contribution < -0.4 is 10.1 Å². The van der Waals surface area contributed by atoms with Crippen molar-refractivity contribution in [3.63, 3.8) is 0 Å². The summed E-state index contributed by atoms with van der Waals surface area (Å²) in [4.78, 5) is 25.3. The lowest BCUT2D eigenvalue weighted by Gasteiger charge is -2.32. The molecule has 0 heterocycles. The Morgan fingerprint density at radius 3 is 2.43 bits per heavy atom. The minimum atomic E-state index is -1.02. The fourth-order valence-electron chi connectivity index (χ4n) is 3.53. The summed E-state index contributed by atoms with van der Waals surface area (Å²) in [6, 6.07) is 18.6. The smallest absolute Gasteiger partial charge is 0.342 e. The number of nitriles is 1. The lowest BCUT2D eigenvalue weighted by molar-refractivity contribution is -0.130. The fraction of sp³-hybridized carbons (Fsp3) is 0.375. The lowest BCUT2D eigenvalue weighted by Crippen LogP contribution is -2.52. The summed E-state index contributed by atoms with van der Waals surface area (Å²) < 4.78 is 11.2. The van der Waals surface area contributed by atoms with Gasteiger partial charge in [-0.2, -0.15) is 5.26 Å². The van der Waals surface area contributed by atoms with Crippen molar-refractivity contribution in [2.45, 2.75) is 57.3 Å². The number of para-hydroxylation sites is 1. The van der Waals surface area contributed by atoms with Gasteiger partial charge in [0.15, 0.2) is 6.10 Å². The van der Waals surface area contributed by atoms with E-state index < -0.39 is 23.5 Å². The lowest BCUT2D eigenvalue weighted by atomic mass is 9.83. The molecule has 156 valence electrons. The molecule has 1 N–H and O–H groups in total. The third kappa shape index (κ3) is 5.38. The summed E-state index contributed by atoms with van der Waals surface area (Å²) >= 11 is 0. The summed E-state index contributed by atoms with van der Waals surface area (Å²) in [5.41, 5.74) is 0.357. The molecular weight excluding hydrogens is 380 g/mol. The van der Waals surface area contributed by atoms with Gasteiger partial charge in [-0.1, -0.05) is 61.7 Å². The van der Waals surface area contributed by atoms with Gasteiger partial charge in [0.05, 0.1) is 6.07 Å². The zero-order valence-corrected chi connectivity index (χ0v) is 17.1. The summed E-state index contributed by atoms with van der Waals surface area (Å²) in [7, 11) is 0. The molecule has 1 saturated carbocycles. The first kappa shape index (κ1) is 21.4. The Kier molecular flexibility index (Phi) is 7.08. The molecule has 0 saturated heterocycles. The number of ether oxygens (including phenoxy) is 2. The van der Waals surface area contributed by atoms with Crippen molar-refractivity contribution >= 4 is 11.9 Å². The van der Waals surface area contributed by atoms with Crippen molar-refractivity contribution in [3.8, 4) is 11.8 Å². The van der Waals surface area contributed by atoms with Crippen molar-refractivity contribution in [2.24, 2.45) is 0 Å². The van der Waals surface area contributed by atoms with E-state index >= 15 is 0 Å². The Hall–Kier alpha value is -3.33. The maximum atomic E-state index is 12.7. The van der Waals surface area contributed by atoms with Crippen LogP contribution in [-0.2, 0) is 16.1 Å². The average Bonchev–Trinajstić information content (AvgIpc) is 2.79. The van der Waals surface area contributed by atoms with E-state index in [2.05, 4.69) is 11.4 Å². The van der Waals surface area contributed by atoms with Gasteiger partial charge in [0.2, 0.25) is 0 Å². The second kappa shape index (κ2) is 9.93. The Morgan fingerprint density at radius 1 is 1.07 bits per heavy atom. The molecule has 1 aliphatic carbocycles. The molecule has 1 amide bonds.